The van der Waals surface area contributed by atoms with Gasteiger partial charge >= 0.3 is 0 Å². The van der Waals surface area contributed by atoms with E-state index in [-0.39, 0.29) is 0 Å². The summed E-state index contributed by atoms with van der Waals surface area (Å²) in [7, 11) is 1.65. The van der Waals surface area contributed by atoms with Crippen LogP contribution in [-0.2, 0) is 5.75 Å². The Kier molecular flexibility index (Phi) is 5.76. The number of aromatic nitrogens is 2. The van der Waals surface area contributed by atoms with E-state index in [0.717, 1.165) is 43.6 Å². The van der Waals surface area contributed by atoms with Gasteiger partial charge in [-0.1, -0.05) is 11.8 Å². The first-order valence-corrected chi connectivity index (χ1v) is 10.2. The first-order valence-electron chi connectivity index (χ1n) is 7.50. The van der Waals surface area contributed by atoms with Gasteiger partial charge in [-0.15, -0.1) is 22.7 Å². The van der Waals surface area contributed by atoms with Crippen LogP contribution in [-0.4, -0.2) is 23.7 Å². The molecule has 126 valence electrons. The molecule has 0 saturated carbocycles. The molecule has 1 aromatic carbocycles. The van der Waals surface area contributed by atoms with Gasteiger partial charge in [0.2, 0.25) is 0 Å². The van der Waals surface area contributed by atoms with Crippen LogP contribution in [0.2, 0.25) is 0 Å². The fraction of sp³-hybridized carbons (Fsp3) is 0.294. The van der Waals surface area contributed by atoms with Crippen LogP contribution in [0.25, 0.3) is 10.6 Å². The molecule has 0 fully saturated rings. The topological polar surface area (TPSA) is 44.2 Å². The summed E-state index contributed by atoms with van der Waals surface area (Å²) >= 11 is 5.05. The molecule has 0 amide bonds. The molecule has 2 aromatic heterocycles. The maximum Gasteiger partial charge on any atom is 0.161 e. The largest absolute Gasteiger partial charge is 0.493 e. The molecule has 4 nitrogen and oxygen atoms in total. The van der Waals surface area contributed by atoms with Crippen molar-refractivity contribution < 1.29 is 9.47 Å². The van der Waals surface area contributed by atoms with Gasteiger partial charge in [-0.2, -0.15) is 0 Å². The Balaban J connectivity index is 1.72. The average molecular weight is 379 g/mol. The van der Waals surface area contributed by atoms with Gasteiger partial charge in [0.15, 0.2) is 11.5 Å². The van der Waals surface area contributed by atoms with Crippen LogP contribution in [0.4, 0.5) is 0 Å². The molecule has 7 heteroatoms. The Bertz CT molecular complexity index is 814. The summed E-state index contributed by atoms with van der Waals surface area (Å²) in [5.74, 6) is 2.33. The monoisotopic (exact) mass is 378 g/mol. The molecule has 24 heavy (non-hydrogen) atoms. The number of benzene rings is 1. The summed E-state index contributed by atoms with van der Waals surface area (Å²) < 4.78 is 12.1. The number of hydrogen-bond acceptors (Lipinski definition) is 7. The fourth-order valence-electron chi connectivity index (χ4n) is 2.12. The van der Waals surface area contributed by atoms with Crippen molar-refractivity contribution in [2.45, 2.75) is 23.9 Å². The van der Waals surface area contributed by atoms with Gasteiger partial charge in [0.1, 0.15) is 9.35 Å². The highest BCUT2D eigenvalue weighted by atomic mass is 32.2. The Morgan fingerprint density at radius 1 is 1.12 bits per heavy atom. The summed E-state index contributed by atoms with van der Waals surface area (Å²) in [5, 5.41) is 5.16. The highest BCUT2D eigenvalue weighted by Gasteiger charge is 2.10. The average Bonchev–Trinajstić information content (AvgIpc) is 3.22. The summed E-state index contributed by atoms with van der Waals surface area (Å²) in [5.41, 5.74) is 3.19. The van der Waals surface area contributed by atoms with E-state index in [4.69, 9.17) is 14.5 Å². The van der Waals surface area contributed by atoms with Crippen molar-refractivity contribution >= 4 is 34.4 Å². The third kappa shape index (κ3) is 4.09. The quantitative estimate of drug-likeness (QED) is 0.524. The number of hydrogen-bond donors (Lipinski definition) is 0. The van der Waals surface area contributed by atoms with E-state index < -0.39 is 0 Å². The summed E-state index contributed by atoms with van der Waals surface area (Å²) in [6.45, 7) is 4.59. The van der Waals surface area contributed by atoms with Gasteiger partial charge in [-0.3, -0.25) is 0 Å². The van der Waals surface area contributed by atoms with Crippen LogP contribution in [0, 0.1) is 6.92 Å². The Morgan fingerprint density at radius 2 is 2.00 bits per heavy atom. The second kappa shape index (κ2) is 8.00. The minimum absolute atomic E-state index is 0.616. The van der Waals surface area contributed by atoms with Gasteiger partial charge in [0.05, 0.1) is 19.4 Å². The first-order chi connectivity index (χ1) is 11.7. The molecule has 0 bridgehead atoms. The van der Waals surface area contributed by atoms with E-state index in [0.29, 0.717) is 6.61 Å². The smallest absolute Gasteiger partial charge is 0.161 e. The number of aryl methyl sites for hydroxylation is 1. The van der Waals surface area contributed by atoms with Crippen molar-refractivity contribution in [3.05, 3.63) is 40.3 Å². The Hall–Kier alpha value is -1.57. The summed E-state index contributed by atoms with van der Waals surface area (Å²) in [4.78, 5) is 9.20. The highest BCUT2D eigenvalue weighted by molar-refractivity contribution is 8.00. The zero-order valence-electron chi connectivity index (χ0n) is 13.7. The zero-order valence-corrected chi connectivity index (χ0v) is 16.2. The molecule has 2 heterocycles. The number of methoxy groups -OCH3 is 1. The van der Waals surface area contributed by atoms with Crippen molar-refractivity contribution in [2.24, 2.45) is 0 Å². The van der Waals surface area contributed by atoms with Crippen LogP contribution in [0.15, 0.2) is 33.3 Å². The molecule has 0 N–H and O–H groups in total. The van der Waals surface area contributed by atoms with Crippen molar-refractivity contribution in [1.82, 2.24) is 9.97 Å². The standard InChI is InChI=1S/C17H18N2O2S3/c1-4-21-14-6-5-12(7-15(14)20-3)16-19-13(9-22-16)10-24-17-18-11(2)8-23-17/h5-9H,4,10H2,1-3H3. The molecule has 3 rings (SSSR count). The van der Waals surface area contributed by atoms with Crippen molar-refractivity contribution in [1.29, 1.82) is 0 Å². The fourth-order valence-corrected chi connectivity index (χ4v) is 4.78. The third-order valence-corrected chi connectivity index (χ3v) is 6.32. The van der Waals surface area contributed by atoms with Gasteiger partial charge in [0, 0.05) is 27.8 Å². The molecule has 0 aliphatic rings. The number of rotatable bonds is 7. The minimum Gasteiger partial charge on any atom is -0.493 e. The summed E-state index contributed by atoms with van der Waals surface area (Å²) in [6, 6.07) is 5.93. The number of thioether (sulfide) groups is 1. The molecule has 0 spiro atoms. The SMILES string of the molecule is CCOc1ccc(-c2nc(CSc3nc(C)cs3)cs2)cc1OC. The summed E-state index contributed by atoms with van der Waals surface area (Å²) in [6.07, 6.45) is 0. The highest BCUT2D eigenvalue weighted by Crippen LogP contribution is 2.34. The van der Waals surface area contributed by atoms with Crippen LogP contribution >= 0.6 is 34.4 Å². The third-order valence-electron chi connectivity index (χ3n) is 3.20. The van der Waals surface area contributed by atoms with Crippen LogP contribution in [0.3, 0.4) is 0 Å². The predicted molar refractivity (Wildman–Crippen MR) is 102 cm³/mol. The van der Waals surface area contributed by atoms with Gasteiger partial charge in [0.25, 0.3) is 0 Å². The minimum atomic E-state index is 0.616. The number of nitrogens with zero attached hydrogens (tertiary/aromatic N) is 2. The molecule has 0 atom stereocenters. The Labute approximate surface area is 153 Å². The lowest BCUT2D eigenvalue weighted by molar-refractivity contribution is 0.311. The van der Waals surface area contributed by atoms with Crippen LogP contribution < -0.4 is 9.47 Å². The lowest BCUT2D eigenvalue weighted by Gasteiger charge is -2.09. The van der Waals surface area contributed by atoms with E-state index in [1.54, 1.807) is 41.5 Å². The van der Waals surface area contributed by atoms with Crippen LogP contribution in [0.5, 0.6) is 11.5 Å². The normalized spacial score (nSPS) is 10.8. The van der Waals surface area contributed by atoms with Crippen LogP contribution in [0.1, 0.15) is 18.3 Å². The number of ether oxygens (including phenoxy) is 2. The van der Waals surface area contributed by atoms with Crippen molar-refractivity contribution in [3.8, 4) is 22.1 Å². The second-order valence-electron chi connectivity index (χ2n) is 4.99. The van der Waals surface area contributed by atoms with E-state index >= 15 is 0 Å². The van der Waals surface area contributed by atoms with Gasteiger partial charge < -0.3 is 9.47 Å². The molecular formula is C17H18N2O2S3. The molecule has 3 aromatic rings. The van der Waals surface area contributed by atoms with E-state index in [9.17, 15) is 0 Å². The molecular weight excluding hydrogens is 360 g/mol. The molecule has 0 saturated heterocycles. The first kappa shape index (κ1) is 17.3. The predicted octanol–water partition coefficient (Wildman–Crippen LogP) is 5.27. The lowest BCUT2D eigenvalue weighted by atomic mass is 10.2. The maximum atomic E-state index is 5.56. The van der Waals surface area contributed by atoms with Crippen molar-refractivity contribution in [2.75, 3.05) is 13.7 Å². The lowest BCUT2D eigenvalue weighted by Crippen LogP contribution is -1.95. The maximum absolute atomic E-state index is 5.56. The van der Waals surface area contributed by atoms with E-state index in [1.165, 1.54) is 0 Å². The molecule has 0 aliphatic carbocycles. The molecule has 0 unspecified atom stereocenters. The van der Waals surface area contributed by atoms with Gasteiger partial charge in [-0.25, -0.2) is 9.97 Å². The van der Waals surface area contributed by atoms with Gasteiger partial charge in [-0.05, 0) is 32.0 Å². The van der Waals surface area contributed by atoms with E-state index in [1.807, 2.05) is 32.0 Å². The molecule has 0 radical (unpaired) electrons. The van der Waals surface area contributed by atoms with Crippen molar-refractivity contribution in [3.63, 3.8) is 0 Å². The zero-order chi connectivity index (χ0) is 16.9. The second-order valence-corrected chi connectivity index (χ2v) is 7.92. The van der Waals surface area contributed by atoms with E-state index in [2.05, 4.69) is 15.7 Å². The number of thiazole rings is 2. The Morgan fingerprint density at radius 3 is 2.71 bits per heavy atom. The molecule has 0 aliphatic heterocycles.